The minimum atomic E-state index is -0.436. The van der Waals surface area contributed by atoms with Crippen LogP contribution >= 0.6 is 34.7 Å². The molecule has 2 fully saturated rings. The second-order valence-electron chi connectivity index (χ2n) is 7.92. The molecule has 1 aliphatic heterocycles. The van der Waals surface area contributed by atoms with Crippen molar-refractivity contribution in [3.05, 3.63) is 57.1 Å². The van der Waals surface area contributed by atoms with Crippen LogP contribution in [0.5, 0.6) is 0 Å². The SMILES string of the molecule is O=C1[C@@H]2CCCC[C@H]2C(=O)N1c1ccc2nc(SCc3c(Cl)cccc3[N+](=O)[O-])sc2c1. The zero-order valence-corrected chi connectivity index (χ0v) is 19.2. The molecule has 3 aromatic rings. The van der Waals surface area contributed by atoms with Crippen molar-refractivity contribution >= 4 is 68.1 Å². The lowest BCUT2D eigenvalue weighted by Crippen LogP contribution is -2.30. The summed E-state index contributed by atoms with van der Waals surface area (Å²) in [7, 11) is 0. The van der Waals surface area contributed by atoms with Gasteiger partial charge < -0.3 is 0 Å². The Labute approximate surface area is 196 Å². The molecule has 1 aliphatic carbocycles. The summed E-state index contributed by atoms with van der Waals surface area (Å²) in [5.74, 6) is -0.250. The molecule has 0 spiro atoms. The van der Waals surface area contributed by atoms with E-state index in [1.165, 1.54) is 34.1 Å². The van der Waals surface area contributed by atoms with Gasteiger partial charge in [-0.2, -0.15) is 0 Å². The van der Waals surface area contributed by atoms with Crippen molar-refractivity contribution in [2.24, 2.45) is 11.8 Å². The molecule has 164 valence electrons. The number of amides is 2. The molecule has 2 atom stereocenters. The number of hydrogen-bond acceptors (Lipinski definition) is 7. The van der Waals surface area contributed by atoms with Gasteiger partial charge in [-0.3, -0.25) is 24.6 Å². The molecule has 2 amide bonds. The molecule has 2 heterocycles. The van der Waals surface area contributed by atoms with Crippen molar-refractivity contribution in [2.75, 3.05) is 4.90 Å². The van der Waals surface area contributed by atoms with Crippen LogP contribution in [-0.4, -0.2) is 21.7 Å². The van der Waals surface area contributed by atoms with Gasteiger partial charge in [0.1, 0.15) is 0 Å². The number of rotatable bonds is 5. The fourth-order valence-corrected chi connectivity index (χ4v) is 6.97. The van der Waals surface area contributed by atoms with E-state index in [4.69, 9.17) is 11.6 Å². The average molecular weight is 488 g/mol. The number of nitrogens with zero attached hydrogens (tertiary/aromatic N) is 3. The lowest BCUT2D eigenvalue weighted by atomic mass is 9.81. The van der Waals surface area contributed by atoms with Crippen LogP contribution in [0.1, 0.15) is 31.2 Å². The number of carbonyl (C=O) groups excluding carboxylic acids is 2. The first-order chi connectivity index (χ1) is 15.4. The Morgan fingerprint density at radius 1 is 1.16 bits per heavy atom. The molecule has 7 nitrogen and oxygen atoms in total. The second kappa shape index (κ2) is 8.46. The van der Waals surface area contributed by atoms with Gasteiger partial charge in [-0.05, 0) is 37.1 Å². The standard InChI is InChI=1S/C22H18ClN3O4S2/c23-16-6-3-7-18(26(29)30)15(16)11-31-22-24-17-9-8-12(10-19(17)32-22)25-20(27)13-4-1-2-5-14(13)21(25)28/h3,6-10,13-14H,1-2,4-5,11H2/t13-,14-/m1/s1. The maximum atomic E-state index is 12.9. The maximum absolute atomic E-state index is 12.9. The predicted octanol–water partition coefficient (Wildman–Crippen LogP) is 5.83. The third-order valence-electron chi connectivity index (χ3n) is 6.08. The van der Waals surface area contributed by atoms with Gasteiger partial charge in [-0.25, -0.2) is 4.98 Å². The van der Waals surface area contributed by atoms with Gasteiger partial charge in [-0.15, -0.1) is 11.3 Å². The van der Waals surface area contributed by atoms with Gasteiger partial charge in [0, 0.05) is 11.8 Å². The number of anilines is 1. The number of imide groups is 1. The molecular formula is C22H18ClN3O4S2. The number of fused-ring (bicyclic) bond motifs is 2. The van der Waals surface area contributed by atoms with Crippen molar-refractivity contribution in [1.29, 1.82) is 0 Å². The minimum absolute atomic E-state index is 0.0130. The van der Waals surface area contributed by atoms with E-state index in [0.29, 0.717) is 22.0 Å². The first-order valence-electron chi connectivity index (χ1n) is 10.3. The fraction of sp³-hybridized carbons (Fsp3) is 0.318. The van der Waals surface area contributed by atoms with Crippen molar-refractivity contribution in [3.63, 3.8) is 0 Å². The first-order valence-corrected chi connectivity index (χ1v) is 12.4. The number of aromatic nitrogens is 1. The summed E-state index contributed by atoms with van der Waals surface area (Å²) < 4.78 is 1.59. The molecule has 0 bridgehead atoms. The quantitative estimate of drug-likeness (QED) is 0.194. The van der Waals surface area contributed by atoms with Gasteiger partial charge >= 0.3 is 0 Å². The number of thioether (sulfide) groups is 1. The minimum Gasteiger partial charge on any atom is -0.274 e. The number of halogens is 1. The number of nitro groups is 1. The van der Waals surface area contributed by atoms with Gasteiger partial charge in [0.15, 0.2) is 4.34 Å². The van der Waals surface area contributed by atoms with Gasteiger partial charge in [0.05, 0.1) is 43.2 Å². The van der Waals surface area contributed by atoms with E-state index in [0.717, 1.165) is 40.2 Å². The highest BCUT2D eigenvalue weighted by molar-refractivity contribution is 8.00. The van der Waals surface area contributed by atoms with Gasteiger partial charge in [0.2, 0.25) is 11.8 Å². The van der Waals surface area contributed by atoms with Crippen molar-refractivity contribution in [1.82, 2.24) is 4.98 Å². The molecule has 5 rings (SSSR count). The largest absolute Gasteiger partial charge is 0.274 e. The van der Waals surface area contributed by atoms with E-state index in [2.05, 4.69) is 4.98 Å². The Morgan fingerprint density at radius 3 is 2.56 bits per heavy atom. The van der Waals surface area contributed by atoms with E-state index >= 15 is 0 Å². The summed E-state index contributed by atoms with van der Waals surface area (Å²) in [4.78, 5) is 42.6. The Hall–Kier alpha value is -2.49. The summed E-state index contributed by atoms with van der Waals surface area (Å²) >= 11 is 8.99. The number of carbonyl (C=O) groups is 2. The molecule has 1 saturated heterocycles. The van der Waals surface area contributed by atoms with Crippen LogP contribution in [0.2, 0.25) is 5.02 Å². The fourth-order valence-electron chi connectivity index (χ4n) is 4.50. The topological polar surface area (TPSA) is 93.4 Å². The van der Waals surface area contributed by atoms with Gasteiger partial charge in [0.25, 0.3) is 5.69 Å². The number of hydrogen-bond donors (Lipinski definition) is 0. The molecule has 10 heteroatoms. The Morgan fingerprint density at radius 2 is 1.88 bits per heavy atom. The third-order valence-corrected chi connectivity index (χ3v) is 8.62. The van der Waals surface area contributed by atoms with E-state index in [1.54, 1.807) is 18.2 Å². The van der Waals surface area contributed by atoms with Crippen LogP contribution in [0.25, 0.3) is 10.2 Å². The highest BCUT2D eigenvalue weighted by Crippen LogP contribution is 2.42. The normalized spacial score (nSPS) is 20.7. The highest BCUT2D eigenvalue weighted by Gasteiger charge is 2.48. The summed E-state index contributed by atoms with van der Waals surface area (Å²) in [5.41, 5.74) is 1.79. The molecule has 2 aliphatic rings. The van der Waals surface area contributed by atoms with E-state index in [1.807, 2.05) is 12.1 Å². The first kappa shape index (κ1) is 21.4. The van der Waals surface area contributed by atoms with Crippen LogP contribution in [0.4, 0.5) is 11.4 Å². The van der Waals surface area contributed by atoms with E-state index < -0.39 is 4.92 Å². The van der Waals surface area contributed by atoms with Gasteiger partial charge in [-0.1, -0.05) is 42.3 Å². The lowest BCUT2D eigenvalue weighted by Gasteiger charge is -2.19. The van der Waals surface area contributed by atoms with E-state index in [9.17, 15) is 19.7 Å². The third kappa shape index (κ3) is 3.68. The number of benzene rings is 2. The zero-order valence-electron chi connectivity index (χ0n) is 16.8. The Balaban J connectivity index is 1.39. The van der Waals surface area contributed by atoms with Crippen LogP contribution < -0.4 is 4.90 Å². The van der Waals surface area contributed by atoms with Crippen LogP contribution in [0.3, 0.4) is 0 Å². The maximum Gasteiger partial charge on any atom is 0.274 e. The van der Waals surface area contributed by atoms with Crippen molar-refractivity contribution in [3.8, 4) is 0 Å². The van der Waals surface area contributed by atoms with E-state index in [-0.39, 0.29) is 29.3 Å². The highest BCUT2D eigenvalue weighted by atomic mass is 35.5. The lowest BCUT2D eigenvalue weighted by molar-refractivity contribution is -0.385. The van der Waals surface area contributed by atoms with Crippen LogP contribution in [0, 0.1) is 22.0 Å². The second-order valence-corrected chi connectivity index (χ2v) is 10.6. The predicted molar refractivity (Wildman–Crippen MR) is 125 cm³/mol. The van der Waals surface area contributed by atoms with Crippen LogP contribution in [0.15, 0.2) is 40.7 Å². The number of nitro benzene ring substituents is 1. The Kier molecular flexibility index (Phi) is 5.65. The van der Waals surface area contributed by atoms with Crippen molar-refractivity contribution in [2.45, 2.75) is 35.8 Å². The molecule has 0 radical (unpaired) electrons. The molecule has 0 N–H and O–H groups in total. The molecule has 1 aromatic heterocycles. The average Bonchev–Trinajstić information content (AvgIpc) is 3.30. The smallest absolute Gasteiger partial charge is 0.274 e. The van der Waals surface area contributed by atoms with Crippen LogP contribution in [-0.2, 0) is 15.3 Å². The Bertz CT molecular complexity index is 1240. The summed E-state index contributed by atoms with van der Waals surface area (Å²) in [6, 6.07) is 10.0. The summed E-state index contributed by atoms with van der Waals surface area (Å²) in [5, 5.41) is 11.7. The molecule has 0 unspecified atom stereocenters. The summed E-state index contributed by atoms with van der Waals surface area (Å²) in [6.07, 6.45) is 3.55. The molecule has 32 heavy (non-hydrogen) atoms. The monoisotopic (exact) mass is 487 g/mol. The molecular weight excluding hydrogens is 470 g/mol. The summed E-state index contributed by atoms with van der Waals surface area (Å²) in [6.45, 7) is 0. The van der Waals surface area contributed by atoms with Crippen molar-refractivity contribution < 1.29 is 14.5 Å². The number of thiazole rings is 1. The molecule has 1 saturated carbocycles. The zero-order chi connectivity index (χ0) is 22.4. The molecule has 2 aromatic carbocycles.